The SMILES string of the molecule is COCCC(CO)Nc1ccc(S(C)(=O)=O)cc1. The van der Waals surface area contributed by atoms with E-state index >= 15 is 0 Å². The molecule has 2 N–H and O–H groups in total. The van der Waals surface area contributed by atoms with Crippen LogP contribution in [0.3, 0.4) is 0 Å². The van der Waals surface area contributed by atoms with Gasteiger partial charge in [0.25, 0.3) is 0 Å². The van der Waals surface area contributed by atoms with E-state index in [2.05, 4.69) is 5.32 Å². The Labute approximate surface area is 108 Å². The van der Waals surface area contributed by atoms with Crippen LogP contribution in [-0.4, -0.2) is 46.1 Å². The smallest absolute Gasteiger partial charge is 0.175 e. The molecule has 0 radical (unpaired) electrons. The third kappa shape index (κ3) is 4.64. The molecule has 1 rings (SSSR count). The van der Waals surface area contributed by atoms with E-state index in [1.165, 1.54) is 6.26 Å². The largest absolute Gasteiger partial charge is 0.394 e. The fourth-order valence-electron chi connectivity index (χ4n) is 1.50. The van der Waals surface area contributed by atoms with Gasteiger partial charge in [0.1, 0.15) is 0 Å². The average molecular weight is 273 g/mol. The van der Waals surface area contributed by atoms with Crippen LogP contribution in [0.15, 0.2) is 29.2 Å². The third-order valence-electron chi connectivity index (χ3n) is 2.54. The van der Waals surface area contributed by atoms with Crippen molar-refractivity contribution in [3.8, 4) is 0 Å². The first-order chi connectivity index (χ1) is 8.47. The highest BCUT2D eigenvalue weighted by Crippen LogP contribution is 2.15. The maximum atomic E-state index is 11.3. The summed E-state index contributed by atoms with van der Waals surface area (Å²) in [5.41, 5.74) is 0.776. The minimum Gasteiger partial charge on any atom is -0.394 e. The molecule has 1 unspecified atom stereocenters. The number of methoxy groups -OCH3 is 1. The zero-order valence-electron chi connectivity index (χ0n) is 10.6. The number of hydrogen-bond donors (Lipinski definition) is 2. The number of nitrogens with one attached hydrogen (secondary N) is 1. The van der Waals surface area contributed by atoms with Crippen LogP contribution in [0.5, 0.6) is 0 Å². The Hall–Kier alpha value is -1.11. The van der Waals surface area contributed by atoms with E-state index in [1.807, 2.05) is 0 Å². The van der Waals surface area contributed by atoms with Gasteiger partial charge in [-0.15, -0.1) is 0 Å². The van der Waals surface area contributed by atoms with Crippen LogP contribution in [0, 0.1) is 0 Å². The predicted octanol–water partition coefficient (Wildman–Crippen LogP) is 0.899. The van der Waals surface area contributed by atoms with Crippen molar-refractivity contribution in [2.45, 2.75) is 17.4 Å². The van der Waals surface area contributed by atoms with E-state index in [9.17, 15) is 13.5 Å². The molecule has 0 saturated carbocycles. The van der Waals surface area contributed by atoms with Gasteiger partial charge in [0, 0.05) is 25.7 Å². The first-order valence-corrected chi connectivity index (χ1v) is 7.53. The van der Waals surface area contributed by atoms with Gasteiger partial charge in [-0.3, -0.25) is 0 Å². The summed E-state index contributed by atoms with van der Waals surface area (Å²) in [6.45, 7) is 0.552. The van der Waals surface area contributed by atoms with Gasteiger partial charge in [0.15, 0.2) is 9.84 Å². The molecule has 0 aliphatic carbocycles. The summed E-state index contributed by atoms with van der Waals surface area (Å²) < 4.78 is 27.5. The highest BCUT2D eigenvalue weighted by molar-refractivity contribution is 7.90. The molecule has 1 aromatic rings. The molecule has 1 atom stereocenters. The van der Waals surface area contributed by atoms with Gasteiger partial charge in [0.2, 0.25) is 0 Å². The van der Waals surface area contributed by atoms with Gasteiger partial charge in [-0.1, -0.05) is 0 Å². The van der Waals surface area contributed by atoms with E-state index in [1.54, 1.807) is 31.4 Å². The summed E-state index contributed by atoms with van der Waals surface area (Å²) in [6.07, 6.45) is 1.85. The topological polar surface area (TPSA) is 75.6 Å². The normalized spacial score (nSPS) is 13.3. The molecule has 0 bridgehead atoms. The van der Waals surface area contributed by atoms with Crippen molar-refractivity contribution in [2.75, 3.05) is 31.9 Å². The Kier molecular flexibility index (Phi) is 5.58. The van der Waals surface area contributed by atoms with Crippen molar-refractivity contribution >= 4 is 15.5 Å². The standard InChI is InChI=1S/C12H19NO4S/c1-17-8-7-11(9-14)13-10-3-5-12(6-4-10)18(2,15)16/h3-6,11,13-14H,7-9H2,1-2H3. The molecule has 18 heavy (non-hydrogen) atoms. The molecule has 6 heteroatoms. The van der Waals surface area contributed by atoms with Gasteiger partial charge in [-0.25, -0.2) is 8.42 Å². The van der Waals surface area contributed by atoms with E-state index in [4.69, 9.17) is 4.74 Å². The summed E-state index contributed by atoms with van der Waals surface area (Å²) in [5, 5.41) is 12.3. The van der Waals surface area contributed by atoms with E-state index < -0.39 is 9.84 Å². The molecule has 0 fully saturated rings. The number of rotatable bonds is 7. The van der Waals surface area contributed by atoms with Crippen molar-refractivity contribution in [1.29, 1.82) is 0 Å². The van der Waals surface area contributed by atoms with Crippen molar-refractivity contribution < 1.29 is 18.3 Å². The third-order valence-corrected chi connectivity index (χ3v) is 3.67. The van der Waals surface area contributed by atoms with Crippen molar-refractivity contribution in [1.82, 2.24) is 0 Å². The second-order valence-electron chi connectivity index (χ2n) is 4.10. The lowest BCUT2D eigenvalue weighted by Crippen LogP contribution is -2.25. The van der Waals surface area contributed by atoms with E-state index in [0.717, 1.165) is 5.69 Å². The van der Waals surface area contributed by atoms with Crippen LogP contribution in [-0.2, 0) is 14.6 Å². The lowest BCUT2D eigenvalue weighted by molar-refractivity contribution is 0.174. The molecule has 0 aliphatic heterocycles. The van der Waals surface area contributed by atoms with E-state index in [-0.39, 0.29) is 17.5 Å². The minimum absolute atomic E-state index is 0.00279. The van der Waals surface area contributed by atoms with Crippen molar-refractivity contribution in [2.24, 2.45) is 0 Å². The number of benzene rings is 1. The van der Waals surface area contributed by atoms with Crippen LogP contribution in [0.25, 0.3) is 0 Å². The summed E-state index contributed by atoms with van der Waals surface area (Å²) in [5.74, 6) is 0. The summed E-state index contributed by atoms with van der Waals surface area (Å²) in [7, 11) is -1.56. The van der Waals surface area contributed by atoms with Gasteiger partial charge in [-0.05, 0) is 30.7 Å². The fourth-order valence-corrected chi connectivity index (χ4v) is 2.13. The first kappa shape index (κ1) is 14.9. The highest BCUT2D eigenvalue weighted by atomic mass is 32.2. The molecular weight excluding hydrogens is 254 g/mol. The molecular formula is C12H19NO4S. The minimum atomic E-state index is -3.16. The van der Waals surface area contributed by atoms with Crippen molar-refractivity contribution in [3.63, 3.8) is 0 Å². The number of aliphatic hydroxyl groups is 1. The van der Waals surface area contributed by atoms with Crippen LogP contribution < -0.4 is 5.32 Å². The number of hydrogen-bond acceptors (Lipinski definition) is 5. The fraction of sp³-hybridized carbons (Fsp3) is 0.500. The Morgan fingerprint density at radius 3 is 2.39 bits per heavy atom. The van der Waals surface area contributed by atoms with Gasteiger partial charge < -0.3 is 15.2 Å². The predicted molar refractivity (Wildman–Crippen MR) is 70.5 cm³/mol. The number of anilines is 1. The van der Waals surface area contributed by atoms with Gasteiger partial charge in [-0.2, -0.15) is 0 Å². The highest BCUT2D eigenvalue weighted by Gasteiger charge is 2.09. The van der Waals surface area contributed by atoms with Crippen LogP contribution in [0.2, 0.25) is 0 Å². The zero-order valence-corrected chi connectivity index (χ0v) is 11.4. The lowest BCUT2D eigenvalue weighted by Gasteiger charge is -2.17. The van der Waals surface area contributed by atoms with Gasteiger partial charge >= 0.3 is 0 Å². The molecule has 0 saturated heterocycles. The van der Waals surface area contributed by atoms with Crippen LogP contribution >= 0.6 is 0 Å². The number of sulfone groups is 1. The van der Waals surface area contributed by atoms with E-state index in [0.29, 0.717) is 13.0 Å². The summed E-state index contributed by atoms with van der Waals surface area (Å²) >= 11 is 0. The molecule has 0 aliphatic rings. The Balaban J connectivity index is 2.68. The maximum absolute atomic E-state index is 11.3. The second kappa shape index (κ2) is 6.72. The maximum Gasteiger partial charge on any atom is 0.175 e. The van der Waals surface area contributed by atoms with Crippen LogP contribution in [0.4, 0.5) is 5.69 Å². The molecule has 102 valence electrons. The molecule has 1 aromatic carbocycles. The molecule has 5 nitrogen and oxygen atoms in total. The number of ether oxygens (including phenoxy) is 1. The Morgan fingerprint density at radius 1 is 1.33 bits per heavy atom. The first-order valence-electron chi connectivity index (χ1n) is 5.64. The lowest BCUT2D eigenvalue weighted by atomic mass is 10.2. The summed E-state index contributed by atoms with van der Waals surface area (Å²) in [6, 6.07) is 6.36. The Morgan fingerprint density at radius 2 is 1.94 bits per heavy atom. The number of aliphatic hydroxyl groups excluding tert-OH is 1. The van der Waals surface area contributed by atoms with Crippen molar-refractivity contribution in [3.05, 3.63) is 24.3 Å². The monoisotopic (exact) mass is 273 g/mol. The molecule has 0 aromatic heterocycles. The quantitative estimate of drug-likeness (QED) is 0.772. The molecule has 0 heterocycles. The van der Waals surface area contributed by atoms with Crippen LogP contribution in [0.1, 0.15) is 6.42 Å². The zero-order chi connectivity index (χ0) is 13.6. The Bertz CT molecular complexity index is 455. The molecule has 0 spiro atoms. The second-order valence-corrected chi connectivity index (χ2v) is 6.12. The summed E-state index contributed by atoms with van der Waals surface area (Å²) in [4.78, 5) is 0.283. The van der Waals surface area contributed by atoms with Gasteiger partial charge in [0.05, 0.1) is 17.5 Å². The molecule has 0 amide bonds. The average Bonchev–Trinajstić information content (AvgIpc) is 2.34.